The number of nitrogens with zero attached hydrogens (tertiary/aromatic N) is 2. The summed E-state index contributed by atoms with van der Waals surface area (Å²) in [6.45, 7) is 0. The number of hydrogen-bond acceptors (Lipinski definition) is 3. The highest BCUT2D eigenvalue weighted by Crippen LogP contribution is 2.44. The molecule has 0 radical (unpaired) electrons. The SMILES string of the molecule is c1ccc(-c2ccc3c(c2)c2ccc4c5ccccc5sc4c2n3-c2cccc(C3NC(c4ccccc4)[N-]C(c4ccccc4)N3)c2)cc1. The summed E-state index contributed by atoms with van der Waals surface area (Å²) in [5.74, 6) is 0. The maximum Gasteiger partial charge on any atom is 0.0815 e. The molecule has 0 bridgehead atoms. The van der Waals surface area contributed by atoms with Crippen LogP contribution in [0.5, 0.6) is 0 Å². The molecular formula is C45H33N4S-. The summed E-state index contributed by atoms with van der Waals surface area (Å²) in [5, 5.41) is 18.0. The summed E-state index contributed by atoms with van der Waals surface area (Å²) in [7, 11) is 0. The van der Waals surface area contributed by atoms with E-state index in [1.54, 1.807) is 0 Å². The van der Waals surface area contributed by atoms with Gasteiger partial charge in [0.05, 0.1) is 21.9 Å². The molecule has 2 atom stereocenters. The lowest BCUT2D eigenvalue weighted by molar-refractivity contribution is 0.316. The molecule has 4 nitrogen and oxygen atoms in total. The van der Waals surface area contributed by atoms with E-state index in [4.69, 9.17) is 5.32 Å². The first-order chi connectivity index (χ1) is 24.8. The van der Waals surface area contributed by atoms with Crippen LogP contribution in [0.1, 0.15) is 35.2 Å². The summed E-state index contributed by atoms with van der Waals surface area (Å²) in [6, 6.07) is 61.1. The summed E-state index contributed by atoms with van der Waals surface area (Å²) in [5.41, 5.74) is 9.51. The van der Waals surface area contributed by atoms with Gasteiger partial charge in [-0.15, -0.1) is 11.3 Å². The fraction of sp³-hybridized carbons (Fsp3) is 0.0667. The third-order valence-electron chi connectivity index (χ3n) is 10.0. The molecule has 2 unspecified atom stereocenters. The number of aromatic nitrogens is 1. The fourth-order valence-corrected chi connectivity index (χ4v) is 8.87. The quantitative estimate of drug-likeness (QED) is 0.193. The van der Waals surface area contributed by atoms with E-state index in [1.807, 2.05) is 11.3 Å². The van der Waals surface area contributed by atoms with Crippen LogP contribution in [0.4, 0.5) is 0 Å². The molecule has 2 N–H and O–H groups in total. The second-order valence-electron chi connectivity index (χ2n) is 13.0. The Balaban J connectivity index is 1.16. The van der Waals surface area contributed by atoms with Gasteiger partial charge in [-0.3, -0.25) is 0 Å². The maximum absolute atomic E-state index is 5.21. The largest absolute Gasteiger partial charge is 0.624 e. The molecular weight excluding hydrogens is 629 g/mol. The maximum atomic E-state index is 5.21. The molecule has 0 spiro atoms. The van der Waals surface area contributed by atoms with Crippen LogP contribution in [0, 0.1) is 0 Å². The van der Waals surface area contributed by atoms with Crippen molar-refractivity contribution in [2.24, 2.45) is 0 Å². The molecule has 0 saturated carbocycles. The second kappa shape index (κ2) is 12.1. The standard InChI is InChI=1S/C45H33N4S/c1-4-13-29(14-5-1)32-23-26-39-38(28-32)36-24-25-37-35-21-10-11-22-40(35)50-42(37)41(36)49(39)34-20-12-19-33(27-34)45-47-43(30-15-6-2-7-16-30)46-44(48-45)31-17-8-3-9-18-31/h1-28,43-45,47-48H/q-1. The van der Waals surface area contributed by atoms with E-state index >= 15 is 0 Å². The highest BCUT2D eigenvalue weighted by molar-refractivity contribution is 7.26. The normalized spacial score (nSPS) is 18.0. The van der Waals surface area contributed by atoms with Crippen molar-refractivity contribution in [3.8, 4) is 16.8 Å². The smallest absolute Gasteiger partial charge is 0.0815 e. The molecule has 1 aliphatic heterocycles. The third-order valence-corrected chi connectivity index (χ3v) is 11.2. The molecule has 50 heavy (non-hydrogen) atoms. The van der Waals surface area contributed by atoms with Gasteiger partial charge < -0.3 is 20.5 Å². The Morgan fingerprint density at radius 3 is 1.86 bits per heavy atom. The molecule has 3 heterocycles. The van der Waals surface area contributed by atoms with Gasteiger partial charge in [0, 0.05) is 31.9 Å². The first-order valence-corrected chi connectivity index (χ1v) is 18.0. The molecule has 0 aliphatic carbocycles. The van der Waals surface area contributed by atoms with Crippen LogP contribution in [0.15, 0.2) is 170 Å². The fourth-order valence-electron chi connectivity index (χ4n) is 7.63. The van der Waals surface area contributed by atoms with Crippen molar-refractivity contribution >= 4 is 53.3 Å². The monoisotopic (exact) mass is 661 g/mol. The molecule has 2 aromatic heterocycles. The number of rotatable bonds is 5. The topological polar surface area (TPSA) is 43.1 Å². The van der Waals surface area contributed by atoms with Crippen LogP contribution < -0.4 is 10.6 Å². The first kappa shape index (κ1) is 29.4. The average Bonchev–Trinajstić information content (AvgIpc) is 3.74. The van der Waals surface area contributed by atoms with E-state index in [0.717, 1.165) is 16.8 Å². The van der Waals surface area contributed by atoms with Crippen LogP contribution in [0.3, 0.4) is 0 Å². The van der Waals surface area contributed by atoms with Gasteiger partial charge in [0.25, 0.3) is 0 Å². The minimum Gasteiger partial charge on any atom is -0.624 e. The minimum atomic E-state index is -0.154. The van der Waals surface area contributed by atoms with Crippen LogP contribution in [0.2, 0.25) is 0 Å². The van der Waals surface area contributed by atoms with Crippen LogP contribution in [0.25, 0.3) is 64.1 Å². The molecule has 1 fully saturated rings. The number of hydrogen-bond donors (Lipinski definition) is 2. The van der Waals surface area contributed by atoms with Gasteiger partial charge in [-0.05, 0) is 47.0 Å². The Bertz CT molecular complexity index is 2600. The van der Waals surface area contributed by atoms with Gasteiger partial charge in [0.2, 0.25) is 0 Å². The van der Waals surface area contributed by atoms with Gasteiger partial charge in [-0.25, -0.2) is 0 Å². The Morgan fingerprint density at radius 2 is 1.12 bits per heavy atom. The van der Waals surface area contributed by atoms with Crippen LogP contribution in [-0.2, 0) is 0 Å². The van der Waals surface area contributed by atoms with E-state index in [9.17, 15) is 0 Å². The van der Waals surface area contributed by atoms with E-state index in [0.29, 0.717) is 0 Å². The summed E-state index contributed by atoms with van der Waals surface area (Å²) >= 11 is 1.89. The van der Waals surface area contributed by atoms with Crippen molar-refractivity contribution in [3.05, 3.63) is 192 Å². The summed E-state index contributed by atoms with van der Waals surface area (Å²) in [4.78, 5) is 0. The Hall–Kier alpha value is -5.56. The Morgan fingerprint density at radius 1 is 0.480 bits per heavy atom. The van der Waals surface area contributed by atoms with Crippen LogP contribution >= 0.6 is 11.3 Å². The van der Waals surface area contributed by atoms with Crippen molar-refractivity contribution in [3.63, 3.8) is 0 Å². The third kappa shape index (κ3) is 4.94. The van der Waals surface area contributed by atoms with Gasteiger partial charge in [0.15, 0.2) is 0 Å². The highest BCUT2D eigenvalue weighted by Gasteiger charge is 2.24. The van der Waals surface area contributed by atoms with Crippen molar-refractivity contribution in [2.75, 3.05) is 0 Å². The molecule has 5 heteroatoms. The molecule has 1 saturated heterocycles. The van der Waals surface area contributed by atoms with E-state index in [2.05, 4.69) is 185 Å². The molecule has 240 valence electrons. The summed E-state index contributed by atoms with van der Waals surface area (Å²) in [6.07, 6.45) is -0.428. The van der Waals surface area contributed by atoms with Gasteiger partial charge in [0.1, 0.15) is 0 Å². The zero-order valence-corrected chi connectivity index (χ0v) is 28.0. The Labute approximate surface area is 294 Å². The van der Waals surface area contributed by atoms with Gasteiger partial charge in [-0.2, -0.15) is 0 Å². The van der Waals surface area contributed by atoms with Gasteiger partial charge in [-0.1, -0.05) is 163 Å². The number of benzene rings is 7. The van der Waals surface area contributed by atoms with Crippen LogP contribution in [-0.4, -0.2) is 4.57 Å². The van der Waals surface area contributed by atoms with E-state index in [1.165, 1.54) is 58.7 Å². The number of fused-ring (bicyclic) bond motifs is 7. The lowest BCUT2D eigenvalue weighted by Gasteiger charge is -2.50. The molecule has 10 rings (SSSR count). The average molecular weight is 662 g/mol. The second-order valence-corrected chi connectivity index (χ2v) is 14.1. The Kier molecular flexibility index (Phi) is 7.10. The van der Waals surface area contributed by atoms with E-state index in [-0.39, 0.29) is 18.5 Å². The van der Waals surface area contributed by atoms with E-state index < -0.39 is 0 Å². The number of thiophene rings is 1. The molecule has 0 amide bonds. The van der Waals surface area contributed by atoms with Crippen molar-refractivity contribution < 1.29 is 0 Å². The lowest BCUT2D eigenvalue weighted by atomic mass is 10.0. The van der Waals surface area contributed by atoms with Crippen molar-refractivity contribution in [1.29, 1.82) is 0 Å². The van der Waals surface area contributed by atoms with Crippen molar-refractivity contribution in [2.45, 2.75) is 18.5 Å². The zero-order chi connectivity index (χ0) is 33.0. The lowest BCUT2D eigenvalue weighted by Crippen LogP contribution is -2.44. The predicted molar refractivity (Wildman–Crippen MR) is 210 cm³/mol. The molecule has 9 aromatic rings. The summed E-state index contributed by atoms with van der Waals surface area (Å²) < 4.78 is 5.10. The molecule has 7 aromatic carbocycles. The number of nitrogens with one attached hydrogen (secondary N) is 2. The van der Waals surface area contributed by atoms with Gasteiger partial charge >= 0.3 is 0 Å². The zero-order valence-electron chi connectivity index (χ0n) is 27.2. The first-order valence-electron chi connectivity index (χ1n) is 17.1. The highest BCUT2D eigenvalue weighted by atomic mass is 32.1. The van der Waals surface area contributed by atoms with Crippen molar-refractivity contribution in [1.82, 2.24) is 15.2 Å². The predicted octanol–water partition coefficient (Wildman–Crippen LogP) is 11.8. The molecule has 1 aliphatic rings. The minimum absolute atomic E-state index is 0.120.